The van der Waals surface area contributed by atoms with Gasteiger partial charge >= 0.3 is 0 Å². The number of piperazine rings is 1. The highest BCUT2D eigenvalue weighted by atomic mass is 35.5. The minimum absolute atomic E-state index is 0.0353. The molecule has 13 nitrogen and oxygen atoms in total. The first-order valence-electron chi connectivity index (χ1n) is 15.9. The fraction of sp³-hybridized carbons (Fsp3) is 0.394. The fourth-order valence-electron chi connectivity index (χ4n) is 6.38. The number of pyridine rings is 1. The molecule has 0 saturated carbocycles. The van der Waals surface area contributed by atoms with Crippen LogP contribution >= 0.6 is 11.6 Å². The van der Waals surface area contributed by atoms with Crippen molar-refractivity contribution in [2.75, 3.05) is 64.4 Å². The maximum atomic E-state index is 14.0. The number of anilines is 2. The molecule has 2 aliphatic rings. The smallest absolute Gasteiger partial charge is 0.291 e. The molecule has 3 amide bonds. The van der Waals surface area contributed by atoms with Gasteiger partial charge in [-0.1, -0.05) is 11.6 Å². The first-order chi connectivity index (χ1) is 23.3. The van der Waals surface area contributed by atoms with E-state index in [1.165, 1.54) is 36.1 Å². The number of likely N-dealkylation sites (tertiary alicyclic amines) is 1. The number of hydrogen-bond acceptors (Lipinski definition) is 7. The summed E-state index contributed by atoms with van der Waals surface area (Å²) in [7, 11) is 5.89. The van der Waals surface area contributed by atoms with Gasteiger partial charge in [0.2, 0.25) is 5.91 Å². The van der Waals surface area contributed by atoms with Crippen molar-refractivity contribution in [2.45, 2.75) is 19.3 Å². The second kappa shape index (κ2) is 13.6. The van der Waals surface area contributed by atoms with E-state index >= 15 is 0 Å². The molecule has 0 radical (unpaired) electrons. The number of piperidine rings is 1. The number of imidazole rings is 1. The first-order valence-corrected chi connectivity index (χ1v) is 16.3. The van der Waals surface area contributed by atoms with Gasteiger partial charge in [0.15, 0.2) is 5.82 Å². The molecule has 5 heterocycles. The van der Waals surface area contributed by atoms with E-state index in [9.17, 15) is 23.2 Å². The number of nitrogens with one attached hydrogen (secondary N) is 2. The quantitative estimate of drug-likeness (QED) is 0.246. The second-order valence-corrected chi connectivity index (χ2v) is 13.5. The predicted octanol–water partition coefficient (Wildman–Crippen LogP) is 4.07. The number of nitrogen functional groups attached to an aromatic ring is 1. The molecule has 0 spiro atoms. The van der Waals surface area contributed by atoms with Gasteiger partial charge in [-0.05, 0) is 30.3 Å². The normalized spacial score (nSPS) is 16.6. The second-order valence-electron chi connectivity index (χ2n) is 13.1. The third kappa shape index (κ3) is 6.99. The zero-order valence-electron chi connectivity index (χ0n) is 27.4. The van der Waals surface area contributed by atoms with Crippen molar-refractivity contribution < 1.29 is 27.6 Å². The summed E-state index contributed by atoms with van der Waals surface area (Å²) in [5.41, 5.74) is 6.99. The summed E-state index contributed by atoms with van der Waals surface area (Å²) in [6, 6.07) is 7.70. The molecule has 16 heteroatoms. The molecule has 2 saturated heterocycles. The van der Waals surface area contributed by atoms with Crippen molar-refractivity contribution >= 4 is 40.7 Å². The number of aromatic amines is 1. The molecule has 3 aromatic heterocycles. The number of amides is 3. The number of aromatic nitrogens is 5. The Bertz CT molecular complexity index is 1870. The predicted molar refractivity (Wildman–Crippen MR) is 180 cm³/mol. The zero-order chi connectivity index (χ0) is 35.0. The van der Waals surface area contributed by atoms with Crippen molar-refractivity contribution in [3.63, 3.8) is 0 Å². The number of rotatable bonds is 7. The van der Waals surface area contributed by atoms with E-state index in [-0.39, 0.29) is 51.1 Å². The molecule has 6 rings (SSSR count). The van der Waals surface area contributed by atoms with Crippen LogP contribution in [0.2, 0.25) is 5.02 Å². The topological polar surface area (TPSA) is 155 Å². The van der Waals surface area contributed by atoms with Crippen LogP contribution in [-0.4, -0.2) is 110 Å². The molecule has 2 fully saturated rings. The van der Waals surface area contributed by atoms with E-state index in [2.05, 4.69) is 39.6 Å². The summed E-state index contributed by atoms with van der Waals surface area (Å²) in [5.74, 6) is -0.746. The van der Waals surface area contributed by atoms with Crippen LogP contribution in [0, 0.1) is 5.92 Å². The molecule has 1 aromatic carbocycles. The Kier molecular flexibility index (Phi) is 9.40. The molecular formula is C33H38ClF2N10O3+. The number of H-pyrrole nitrogens is 1. The summed E-state index contributed by atoms with van der Waals surface area (Å²) in [6.45, 7) is 3.68. The number of halogens is 3. The van der Waals surface area contributed by atoms with Gasteiger partial charge in [-0.2, -0.15) is 5.10 Å². The van der Waals surface area contributed by atoms with E-state index in [0.717, 1.165) is 30.4 Å². The summed E-state index contributed by atoms with van der Waals surface area (Å²) in [6.07, 6.45) is 1.56. The van der Waals surface area contributed by atoms with E-state index < -0.39 is 18.0 Å². The number of quaternary nitrogens is 1. The lowest BCUT2D eigenvalue weighted by Crippen LogP contribution is -2.54. The number of carbonyl (C=O) groups excluding carboxylic acids is 3. The Morgan fingerprint density at radius 1 is 1.02 bits per heavy atom. The summed E-state index contributed by atoms with van der Waals surface area (Å²) < 4.78 is 30.3. The molecule has 0 aliphatic carbocycles. The van der Waals surface area contributed by atoms with Gasteiger partial charge in [0.05, 0.1) is 72.8 Å². The van der Waals surface area contributed by atoms with Gasteiger partial charge in [-0.3, -0.25) is 24.5 Å². The first kappa shape index (κ1) is 34.0. The van der Waals surface area contributed by atoms with Crippen LogP contribution in [0.25, 0.3) is 22.6 Å². The number of nitrogens with two attached hydrogens (primary N) is 1. The molecule has 4 aromatic rings. The van der Waals surface area contributed by atoms with Crippen molar-refractivity contribution in [2.24, 2.45) is 13.0 Å². The van der Waals surface area contributed by atoms with Crippen LogP contribution in [0.1, 0.15) is 45.9 Å². The number of hydrogen-bond donors (Lipinski definition) is 3. The van der Waals surface area contributed by atoms with Gasteiger partial charge in [-0.15, -0.1) is 0 Å². The van der Waals surface area contributed by atoms with E-state index in [4.69, 9.17) is 17.3 Å². The van der Waals surface area contributed by atoms with E-state index in [1.807, 2.05) is 4.90 Å². The maximum Gasteiger partial charge on any atom is 0.291 e. The van der Waals surface area contributed by atoms with Crippen LogP contribution in [0.3, 0.4) is 0 Å². The molecule has 4 N–H and O–H groups in total. The molecule has 2 aliphatic heterocycles. The minimum Gasteiger partial charge on any atom is -0.397 e. The number of benzene rings is 1. The van der Waals surface area contributed by atoms with E-state index in [1.54, 1.807) is 23.1 Å². The molecule has 0 bridgehead atoms. The third-order valence-corrected chi connectivity index (χ3v) is 9.65. The van der Waals surface area contributed by atoms with Gasteiger partial charge in [0, 0.05) is 57.7 Å². The van der Waals surface area contributed by atoms with Crippen molar-refractivity contribution in [3.05, 3.63) is 64.8 Å². The number of carbonyl (C=O) groups is 3. The Labute approximate surface area is 286 Å². The lowest BCUT2D eigenvalue weighted by atomic mass is 9.94. The highest BCUT2D eigenvalue weighted by Crippen LogP contribution is 2.37. The van der Waals surface area contributed by atoms with Crippen LogP contribution in [-0.2, 0) is 11.8 Å². The lowest BCUT2D eigenvalue weighted by molar-refractivity contribution is -0.895. The van der Waals surface area contributed by atoms with Gasteiger partial charge in [-0.25, -0.2) is 13.8 Å². The van der Waals surface area contributed by atoms with Gasteiger partial charge < -0.3 is 29.9 Å². The van der Waals surface area contributed by atoms with Crippen LogP contribution in [0.4, 0.5) is 20.2 Å². The highest BCUT2D eigenvalue weighted by Gasteiger charge is 2.35. The Balaban J connectivity index is 1.11. The standard InChI is InChI=1S/C33H37ClF2N10O3/c1-43-25(26-27(41-42-28(26)29(35)36)24-7-4-20(37)17-38-24)18-39-30(43)31(47)40-21-5-6-22(23(34)16-21)33(49)45-12-10-44(11-13-45)32(48)19-8-14-46(2,3)15-9-19/h4-7,16-19,29H,8-15H2,1-3H3,(H3-,37,38,39,40,41,42,47,49)/p+1. The Morgan fingerprint density at radius 3 is 2.35 bits per heavy atom. The molecule has 0 unspecified atom stereocenters. The summed E-state index contributed by atoms with van der Waals surface area (Å²) in [5, 5.41) is 9.30. The maximum absolute atomic E-state index is 14.0. The molecule has 49 heavy (non-hydrogen) atoms. The number of nitrogens with zero attached hydrogens (tertiary/aromatic N) is 7. The van der Waals surface area contributed by atoms with Gasteiger partial charge in [0.1, 0.15) is 11.4 Å². The summed E-state index contributed by atoms with van der Waals surface area (Å²) >= 11 is 6.53. The lowest BCUT2D eigenvalue weighted by Gasteiger charge is -2.40. The average molecular weight is 696 g/mol. The minimum atomic E-state index is -2.89. The van der Waals surface area contributed by atoms with Crippen LogP contribution in [0.15, 0.2) is 42.7 Å². The van der Waals surface area contributed by atoms with E-state index in [0.29, 0.717) is 43.2 Å². The molecule has 258 valence electrons. The monoisotopic (exact) mass is 695 g/mol. The van der Waals surface area contributed by atoms with Crippen molar-refractivity contribution in [3.8, 4) is 22.6 Å². The fourth-order valence-corrected chi connectivity index (χ4v) is 6.64. The average Bonchev–Trinajstić information content (AvgIpc) is 3.68. The number of alkyl halides is 2. The van der Waals surface area contributed by atoms with Crippen molar-refractivity contribution in [1.82, 2.24) is 34.5 Å². The third-order valence-electron chi connectivity index (χ3n) is 9.34. The zero-order valence-corrected chi connectivity index (χ0v) is 28.2. The summed E-state index contributed by atoms with van der Waals surface area (Å²) in [4.78, 5) is 51.7. The molecule has 0 atom stereocenters. The molecular weight excluding hydrogens is 658 g/mol. The Hall–Kier alpha value is -4.89. The Morgan fingerprint density at radius 2 is 1.71 bits per heavy atom. The van der Waals surface area contributed by atoms with Crippen LogP contribution < -0.4 is 11.1 Å². The van der Waals surface area contributed by atoms with Gasteiger partial charge in [0.25, 0.3) is 18.2 Å². The largest absolute Gasteiger partial charge is 0.397 e. The van der Waals surface area contributed by atoms with Crippen LogP contribution in [0.5, 0.6) is 0 Å². The van der Waals surface area contributed by atoms with Crippen molar-refractivity contribution in [1.29, 1.82) is 0 Å². The SMILES string of the molecule is Cn1c(-c2c(-c3ccc(N)cn3)n[nH]c2C(F)F)cnc1C(=O)Nc1ccc(C(=O)N2CCN(C(=O)C3CC[N+](C)(C)CC3)CC2)c(Cl)c1. The highest BCUT2D eigenvalue weighted by molar-refractivity contribution is 6.34.